The smallest absolute Gasteiger partial charge is 0.0962 e. The molecule has 0 amide bonds. The Labute approximate surface area is 147 Å². The lowest BCUT2D eigenvalue weighted by molar-refractivity contribution is -0.0297. The highest BCUT2D eigenvalue weighted by atomic mass is 16.5. The van der Waals surface area contributed by atoms with Crippen molar-refractivity contribution in [2.75, 3.05) is 6.61 Å². The van der Waals surface area contributed by atoms with E-state index in [-0.39, 0.29) is 11.3 Å². The highest BCUT2D eigenvalue weighted by Crippen LogP contribution is 2.65. The molecule has 0 aromatic heterocycles. The minimum atomic E-state index is 0.276. The summed E-state index contributed by atoms with van der Waals surface area (Å²) in [6.45, 7) is 7.78. The number of hydrogen-bond donors (Lipinski definition) is 0. The van der Waals surface area contributed by atoms with Gasteiger partial charge in [-0.2, -0.15) is 5.26 Å². The summed E-state index contributed by atoms with van der Waals surface area (Å²) in [6, 6.07) is 2.64. The fourth-order valence-corrected chi connectivity index (χ4v) is 6.81. The topological polar surface area (TPSA) is 33.0 Å². The van der Waals surface area contributed by atoms with E-state index in [1.807, 2.05) is 0 Å². The molecular weight excluding hydrogens is 294 g/mol. The third-order valence-corrected chi connectivity index (χ3v) is 8.22. The Bertz CT molecular complexity index is 626. The second kappa shape index (κ2) is 5.65. The van der Waals surface area contributed by atoms with Crippen molar-refractivity contribution in [1.82, 2.24) is 0 Å². The van der Waals surface area contributed by atoms with Crippen LogP contribution < -0.4 is 0 Å². The van der Waals surface area contributed by atoms with E-state index >= 15 is 0 Å². The van der Waals surface area contributed by atoms with Crippen LogP contribution in [0.1, 0.15) is 65.7 Å². The molecule has 0 heterocycles. The van der Waals surface area contributed by atoms with Gasteiger partial charge in [0.15, 0.2) is 0 Å². The molecule has 2 saturated carbocycles. The van der Waals surface area contributed by atoms with Crippen molar-refractivity contribution < 1.29 is 4.74 Å². The van der Waals surface area contributed by atoms with Crippen LogP contribution >= 0.6 is 0 Å². The number of allylic oxidation sites excluding steroid dienone is 4. The molecular formula is C22H31NO. The van der Waals surface area contributed by atoms with Gasteiger partial charge in [0, 0.05) is 6.42 Å². The predicted octanol–water partition coefficient (Wildman–Crippen LogP) is 5.62. The Morgan fingerprint density at radius 1 is 1.21 bits per heavy atom. The van der Waals surface area contributed by atoms with E-state index in [0.29, 0.717) is 5.41 Å². The van der Waals surface area contributed by atoms with Gasteiger partial charge >= 0.3 is 0 Å². The molecule has 0 bridgehead atoms. The van der Waals surface area contributed by atoms with Crippen molar-refractivity contribution >= 4 is 0 Å². The quantitative estimate of drug-likeness (QED) is 0.660. The van der Waals surface area contributed by atoms with Crippen molar-refractivity contribution in [1.29, 1.82) is 5.26 Å². The fraction of sp³-hybridized carbons (Fsp3) is 0.773. The maximum Gasteiger partial charge on any atom is 0.0962 e. The van der Waals surface area contributed by atoms with Gasteiger partial charge in [-0.05, 0) is 85.7 Å². The van der Waals surface area contributed by atoms with E-state index in [4.69, 9.17) is 4.74 Å². The molecule has 0 spiro atoms. The number of ether oxygens (including phenoxy) is 1. The van der Waals surface area contributed by atoms with Crippen LogP contribution in [-0.2, 0) is 4.74 Å². The molecule has 130 valence electrons. The molecule has 24 heavy (non-hydrogen) atoms. The normalized spacial score (nSPS) is 46.8. The summed E-state index contributed by atoms with van der Waals surface area (Å²) in [4.78, 5) is 0. The van der Waals surface area contributed by atoms with E-state index in [2.05, 4.69) is 39.0 Å². The molecule has 2 nitrogen and oxygen atoms in total. The van der Waals surface area contributed by atoms with Crippen LogP contribution in [0.15, 0.2) is 23.5 Å². The zero-order chi connectivity index (χ0) is 16.9. The molecule has 2 fully saturated rings. The molecule has 0 N–H and O–H groups in total. The first-order valence-electron chi connectivity index (χ1n) is 9.96. The third-order valence-electron chi connectivity index (χ3n) is 8.22. The average Bonchev–Trinajstić information content (AvgIpc) is 2.92. The van der Waals surface area contributed by atoms with Crippen molar-refractivity contribution in [2.24, 2.45) is 34.5 Å². The van der Waals surface area contributed by atoms with Gasteiger partial charge in [-0.3, -0.25) is 0 Å². The first-order chi connectivity index (χ1) is 11.5. The van der Waals surface area contributed by atoms with Gasteiger partial charge in [-0.15, -0.1) is 0 Å². The highest BCUT2D eigenvalue weighted by molar-refractivity contribution is 5.36. The first kappa shape index (κ1) is 16.2. The Balaban J connectivity index is 1.65. The number of nitrogens with zero attached hydrogens (tertiary/aromatic N) is 1. The minimum Gasteiger partial charge on any atom is -0.498 e. The molecule has 4 aliphatic carbocycles. The first-order valence-corrected chi connectivity index (χ1v) is 9.96. The summed E-state index contributed by atoms with van der Waals surface area (Å²) in [7, 11) is 0. The van der Waals surface area contributed by atoms with E-state index in [0.717, 1.165) is 37.2 Å². The summed E-state index contributed by atoms with van der Waals surface area (Å²) in [5, 5.41) is 9.60. The second-order valence-electron chi connectivity index (χ2n) is 9.04. The molecule has 0 saturated heterocycles. The molecule has 0 aromatic carbocycles. The molecule has 0 aromatic rings. The zero-order valence-electron chi connectivity index (χ0n) is 15.5. The van der Waals surface area contributed by atoms with Crippen molar-refractivity contribution in [3.05, 3.63) is 23.5 Å². The second-order valence-corrected chi connectivity index (χ2v) is 9.04. The summed E-state index contributed by atoms with van der Waals surface area (Å²) in [5.74, 6) is 3.82. The number of rotatable bonds is 2. The zero-order valence-corrected chi connectivity index (χ0v) is 15.5. The van der Waals surface area contributed by atoms with Crippen LogP contribution in [-0.4, -0.2) is 6.61 Å². The van der Waals surface area contributed by atoms with Gasteiger partial charge in [-0.25, -0.2) is 0 Å². The van der Waals surface area contributed by atoms with Crippen LogP contribution in [0.25, 0.3) is 0 Å². The van der Waals surface area contributed by atoms with Crippen LogP contribution in [0.5, 0.6) is 0 Å². The fourth-order valence-electron chi connectivity index (χ4n) is 6.81. The van der Waals surface area contributed by atoms with E-state index in [1.54, 1.807) is 0 Å². The summed E-state index contributed by atoms with van der Waals surface area (Å²) >= 11 is 0. The lowest BCUT2D eigenvalue weighted by atomic mass is 9.48. The maximum absolute atomic E-state index is 9.60. The highest BCUT2D eigenvalue weighted by Gasteiger charge is 2.58. The maximum atomic E-state index is 9.60. The Kier molecular flexibility index (Phi) is 3.83. The standard InChI is InChI=1S/C22H31NO/c1-4-24-17-9-11-21(2)15(13-17)5-7-18-19-8-6-16(14-23)22(19,3)12-10-20(18)21/h5,13,16,18-20H,4,6-12H2,1-3H3/t16-,18+,19+,20+,21+,22-/m1/s1. The molecule has 6 atom stereocenters. The van der Waals surface area contributed by atoms with Gasteiger partial charge in [-0.1, -0.05) is 19.9 Å². The van der Waals surface area contributed by atoms with E-state index in [1.165, 1.54) is 43.4 Å². The van der Waals surface area contributed by atoms with Gasteiger partial charge < -0.3 is 4.74 Å². The van der Waals surface area contributed by atoms with Crippen LogP contribution in [0.2, 0.25) is 0 Å². The number of hydrogen-bond acceptors (Lipinski definition) is 2. The van der Waals surface area contributed by atoms with E-state index in [9.17, 15) is 5.26 Å². The Morgan fingerprint density at radius 3 is 2.79 bits per heavy atom. The molecule has 2 heteroatoms. The summed E-state index contributed by atoms with van der Waals surface area (Å²) in [5.41, 5.74) is 2.14. The monoisotopic (exact) mass is 325 g/mol. The van der Waals surface area contributed by atoms with Gasteiger partial charge in [0.25, 0.3) is 0 Å². The Hall–Kier alpha value is -1.23. The summed E-state index contributed by atoms with van der Waals surface area (Å²) < 4.78 is 5.81. The largest absolute Gasteiger partial charge is 0.498 e. The van der Waals surface area contributed by atoms with Crippen LogP contribution in [0.3, 0.4) is 0 Å². The lowest BCUT2D eigenvalue weighted by Gasteiger charge is -2.56. The van der Waals surface area contributed by atoms with Gasteiger partial charge in [0.2, 0.25) is 0 Å². The van der Waals surface area contributed by atoms with E-state index < -0.39 is 0 Å². The number of nitriles is 1. The average molecular weight is 325 g/mol. The molecule has 4 aliphatic rings. The van der Waals surface area contributed by atoms with Gasteiger partial charge in [0.1, 0.15) is 0 Å². The molecule has 0 radical (unpaired) electrons. The van der Waals surface area contributed by atoms with Gasteiger partial charge in [0.05, 0.1) is 24.4 Å². The Morgan fingerprint density at radius 2 is 2.04 bits per heavy atom. The SMILES string of the molecule is CCOC1=CC2=CC[C@H]3[C@@H]4CC[C@H](C#N)[C@@]4(C)CC[C@@H]3[C@@]2(C)CC1. The lowest BCUT2D eigenvalue weighted by Crippen LogP contribution is -2.49. The molecule has 4 rings (SSSR count). The minimum absolute atomic E-state index is 0.276. The van der Waals surface area contributed by atoms with Crippen LogP contribution in [0.4, 0.5) is 0 Å². The molecule has 0 unspecified atom stereocenters. The molecule has 0 aliphatic heterocycles. The van der Waals surface area contributed by atoms with Crippen molar-refractivity contribution in [3.8, 4) is 6.07 Å². The predicted molar refractivity (Wildman–Crippen MR) is 95.9 cm³/mol. The van der Waals surface area contributed by atoms with Crippen molar-refractivity contribution in [3.63, 3.8) is 0 Å². The third kappa shape index (κ3) is 2.13. The number of fused-ring (bicyclic) bond motifs is 5. The summed E-state index contributed by atoms with van der Waals surface area (Å²) in [6.07, 6.45) is 13.4. The van der Waals surface area contributed by atoms with Crippen LogP contribution in [0, 0.1) is 45.8 Å². The van der Waals surface area contributed by atoms with Crippen molar-refractivity contribution in [2.45, 2.75) is 65.7 Å².